The maximum Gasteiger partial charge on any atom is 0.119 e. The van der Waals surface area contributed by atoms with E-state index in [0.29, 0.717) is 6.04 Å². The molecule has 0 bridgehead atoms. The topological polar surface area (TPSA) is 41.5 Å². The zero-order valence-corrected chi connectivity index (χ0v) is 12.9. The van der Waals surface area contributed by atoms with Gasteiger partial charge in [0.2, 0.25) is 0 Å². The number of nitrogens with one attached hydrogen (secondary N) is 1. The molecule has 1 aromatic carbocycles. The van der Waals surface area contributed by atoms with Gasteiger partial charge >= 0.3 is 0 Å². The van der Waals surface area contributed by atoms with E-state index in [4.69, 9.17) is 4.74 Å². The molecular formula is C17H27NO2. The molecule has 112 valence electrons. The van der Waals surface area contributed by atoms with Crippen molar-refractivity contribution in [1.29, 1.82) is 0 Å². The molecule has 2 atom stereocenters. The highest BCUT2D eigenvalue weighted by Gasteiger charge is 2.28. The van der Waals surface area contributed by atoms with Crippen molar-refractivity contribution >= 4 is 0 Å². The SMILES string of the molecule is CC(C)Oc1ccc(C(C)(O)CC2CCCCN2)cc1. The Bertz CT molecular complexity index is 406. The second-order valence-electron chi connectivity index (χ2n) is 6.32. The van der Waals surface area contributed by atoms with E-state index >= 15 is 0 Å². The Morgan fingerprint density at radius 3 is 2.55 bits per heavy atom. The van der Waals surface area contributed by atoms with E-state index in [0.717, 1.165) is 30.7 Å². The molecule has 20 heavy (non-hydrogen) atoms. The molecule has 3 heteroatoms. The molecule has 1 saturated heterocycles. The summed E-state index contributed by atoms with van der Waals surface area (Å²) in [5.74, 6) is 0.857. The Labute approximate surface area is 122 Å². The maximum absolute atomic E-state index is 10.7. The van der Waals surface area contributed by atoms with E-state index in [2.05, 4.69) is 5.32 Å². The van der Waals surface area contributed by atoms with Gasteiger partial charge in [0.05, 0.1) is 11.7 Å². The molecule has 1 fully saturated rings. The summed E-state index contributed by atoms with van der Waals surface area (Å²) in [6.45, 7) is 7.00. The lowest BCUT2D eigenvalue weighted by Gasteiger charge is -2.32. The summed E-state index contributed by atoms with van der Waals surface area (Å²) in [6.07, 6.45) is 4.60. The third kappa shape index (κ3) is 4.22. The van der Waals surface area contributed by atoms with Gasteiger partial charge < -0.3 is 15.2 Å². The molecule has 0 spiro atoms. The van der Waals surface area contributed by atoms with Crippen molar-refractivity contribution in [3.63, 3.8) is 0 Å². The van der Waals surface area contributed by atoms with E-state index in [-0.39, 0.29) is 6.10 Å². The monoisotopic (exact) mass is 277 g/mol. The molecule has 1 heterocycles. The second kappa shape index (κ2) is 6.59. The second-order valence-corrected chi connectivity index (χ2v) is 6.32. The summed E-state index contributed by atoms with van der Waals surface area (Å²) in [5.41, 5.74) is 0.173. The lowest BCUT2D eigenvalue weighted by molar-refractivity contribution is 0.0332. The molecule has 2 unspecified atom stereocenters. The van der Waals surface area contributed by atoms with Crippen LogP contribution < -0.4 is 10.1 Å². The zero-order valence-electron chi connectivity index (χ0n) is 12.9. The standard InChI is InChI=1S/C17H27NO2/c1-13(2)20-16-9-7-14(8-10-16)17(3,19)12-15-6-4-5-11-18-15/h7-10,13,15,18-19H,4-6,11-12H2,1-3H3. The maximum atomic E-state index is 10.7. The van der Waals surface area contributed by atoms with Gasteiger partial charge in [-0.05, 0) is 64.3 Å². The number of piperidine rings is 1. The Balaban J connectivity index is 2.00. The highest BCUT2D eigenvalue weighted by atomic mass is 16.5. The summed E-state index contributed by atoms with van der Waals surface area (Å²) in [6, 6.07) is 8.25. The molecule has 1 aliphatic heterocycles. The third-order valence-electron chi connectivity index (χ3n) is 3.90. The normalized spacial score (nSPS) is 22.6. The lowest BCUT2D eigenvalue weighted by Crippen LogP contribution is -2.39. The van der Waals surface area contributed by atoms with Crippen molar-refractivity contribution in [2.45, 2.75) is 64.2 Å². The molecule has 0 amide bonds. The fourth-order valence-corrected chi connectivity index (χ4v) is 2.86. The minimum absolute atomic E-state index is 0.174. The molecular weight excluding hydrogens is 250 g/mol. The van der Waals surface area contributed by atoms with Gasteiger partial charge in [0.15, 0.2) is 0 Å². The van der Waals surface area contributed by atoms with Gasteiger partial charge in [-0.2, -0.15) is 0 Å². The van der Waals surface area contributed by atoms with Crippen molar-refractivity contribution in [3.8, 4) is 5.75 Å². The summed E-state index contributed by atoms with van der Waals surface area (Å²) >= 11 is 0. The number of aliphatic hydroxyl groups is 1. The van der Waals surface area contributed by atoms with E-state index < -0.39 is 5.60 Å². The molecule has 1 aromatic rings. The van der Waals surface area contributed by atoms with Crippen LogP contribution in [0.3, 0.4) is 0 Å². The molecule has 0 saturated carbocycles. The first kappa shape index (κ1) is 15.3. The minimum Gasteiger partial charge on any atom is -0.491 e. The summed E-state index contributed by atoms with van der Waals surface area (Å²) in [4.78, 5) is 0. The van der Waals surface area contributed by atoms with Gasteiger partial charge in [0.25, 0.3) is 0 Å². The summed E-state index contributed by atoms with van der Waals surface area (Å²) < 4.78 is 5.64. The first-order valence-corrected chi connectivity index (χ1v) is 7.70. The van der Waals surface area contributed by atoms with Crippen molar-refractivity contribution in [2.75, 3.05) is 6.54 Å². The van der Waals surface area contributed by atoms with Crippen LogP contribution in [-0.2, 0) is 5.60 Å². The molecule has 0 aromatic heterocycles. The molecule has 2 rings (SSSR count). The quantitative estimate of drug-likeness (QED) is 0.868. The van der Waals surface area contributed by atoms with E-state index in [1.807, 2.05) is 45.0 Å². The van der Waals surface area contributed by atoms with Gasteiger partial charge in [0.1, 0.15) is 5.75 Å². The average molecular weight is 277 g/mol. The fraction of sp³-hybridized carbons (Fsp3) is 0.647. The van der Waals surface area contributed by atoms with Crippen molar-refractivity contribution in [3.05, 3.63) is 29.8 Å². The van der Waals surface area contributed by atoms with Crippen LogP contribution in [0.2, 0.25) is 0 Å². The smallest absolute Gasteiger partial charge is 0.119 e. The van der Waals surface area contributed by atoms with Gasteiger partial charge in [0, 0.05) is 6.04 Å². The Morgan fingerprint density at radius 2 is 2.00 bits per heavy atom. The zero-order chi connectivity index (χ0) is 14.6. The largest absolute Gasteiger partial charge is 0.491 e. The van der Waals surface area contributed by atoms with E-state index in [9.17, 15) is 5.11 Å². The van der Waals surface area contributed by atoms with Crippen LogP contribution in [0, 0.1) is 0 Å². The number of benzene rings is 1. The van der Waals surface area contributed by atoms with Crippen LogP contribution in [0.1, 0.15) is 52.0 Å². The Morgan fingerprint density at radius 1 is 1.30 bits per heavy atom. The lowest BCUT2D eigenvalue weighted by atomic mass is 9.86. The van der Waals surface area contributed by atoms with Gasteiger partial charge in [-0.25, -0.2) is 0 Å². The fourth-order valence-electron chi connectivity index (χ4n) is 2.86. The minimum atomic E-state index is -0.786. The first-order valence-electron chi connectivity index (χ1n) is 7.70. The highest BCUT2D eigenvalue weighted by molar-refractivity contribution is 5.30. The van der Waals surface area contributed by atoms with Crippen molar-refractivity contribution in [1.82, 2.24) is 5.32 Å². The highest BCUT2D eigenvalue weighted by Crippen LogP contribution is 2.29. The number of hydrogen-bond acceptors (Lipinski definition) is 3. The predicted molar refractivity (Wildman–Crippen MR) is 82.0 cm³/mol. The molecule has 3 nitrogen and oxygen atoms in total. The average Bonchev–Trinajstić information content (AvgIpc) is 2.39. The Kier molecular flexibility index (Phi) is 5.06. The van der Waals surface area contributed by atoms with Crippen LogP contribution in [0.4, 0.5) is 0 Å². The van der Waals surface area contributed by atoms with Crippen LogP contribution in [0.25, 0.3) is 0 Å². The molecule has 2 N–H and O–H groups in total. The first-order chi connectivity index (χ1) is 9.47. The van der Waals surface area contributed by atoms with Crippen LogP contribution >= 0.6 is 0 Å². The van der Waals surface area contributed by atoms with Crippen LogP contribution in [-0.4, -0.2) is 23.8 Å². The third-order valence-corrected chi connectivity index (χ3v) is 3.90. The van der Waals surface area contributed by atoms with Crippen molar-refractivity contribution in [2.24, 2.45) is 0 Å². The summed E-state index contributed by atoms with van der Waals surface area (Å²) in [7, 11) is 0. The van der Waals surface area contributed by atoms with Gasteiger partial charge in [-0.3, -0.25) is 0 Å². The number of rotatable bonds is 5. The van der Waals surface area contributed by atoms with Gasteiger partial charge in [-0.15, -0.1) is 0 Å². The number of hydrogen-bond donors (Lipinski definition) is 2. The Hall–Kier alpha value is -1.06. The van der Waals surface area contributed by atoms with E-state index in [1.165, 1.54) is 12.8 Å². The van der Waals surface area contributed by atoms with Gasteiger partial charge in [-0.1, -0.05) is 18.6 Å². The predicted octanol–water partition coefficient (Wildman–Crippen LogP) is 3.21. The molecule has 1 aliphatic rings. The van der Waals surface area contributed by atoms with Crippen LogP contribution in [0.15, 0.2) is 24.3 Å². The van der Waals surface area contributed by atoms with E-state index in [1.54, 1.807) is 0 Å². The number of ether oxygens (including phenoxy) is 1. The molecule has 0 radical (unpaired) electrons. The van der Waals surface area contributed by atoms with Crippen molar-refractivity contribution < 1.29 is 9.84 Å². The molecule has 0 aliphatic carbocycles. The van der Waals surface area contributed by atoms with Crippen LogP contribution in [0.5, 0.6) is 5.75 Å². The summed E-state index contributed by atoms with van der Waals surface area (Å²) in [5, 5.41) is 14.2.